The van der Waals surface area contributed by atoms with Gasteiger partial charge in [-0.2, -0.15) is 0 Å². The molecule has 2 fully saturated rings. The summed E-state index contributed by atoms with van der Waals surface area (Å²) in [7, 11) is 0. The average Bonchev–Trinajstić information content (AvgIpc) is 2.34. The van der Waals surface area contributed by atoms with Gasteiger partial charge in [0, 0.05) is 12.1 Å². The largest absolute Gasteiger partial charge is 0.327 e. The van der Waals surface area contributed by atoms with E-state index in [0.29, 0.717) is 12.1 Å². The van der Waals surface area contributed by atoms with E-state index in [-0.39, 0.29) is 0 Å². The Bertz CT molecular complexity index is 195. The van der Waals surface area contributed by atoms with Gasteiger partial charge in [0.25, 0.3) is 0 Å². The highest BCUT2D eigenvalue weighted by Crippen LogP contribution is 2.31. The maximum absolute atomic E-state index is 6.20. The third-order valence-electron chi connectivity index (χ3n) is 5.09. The summed E-state index contributed by atoms with van der Waals surface area (Å²) < 4.78 is 0. The Balaban J connectivity index is 1.64. The lowest BCUT2D eigenvalue weighted by molar-refractivity contribution is 0.250. The molecule has 0 radical (unpaired) electrons. The van der Waals surface area contributed by atoms with Crippen molar-refractivity contribution >= 4 is 0 Å². The monoisotopic (exact) mass is 238 g/mol. The topological polar surface area (TPSA) is 52.0 Å². The SMILES string of the molecule is NC1CCCCC1CCCC1CCCCC1N. The highest BCUT2D eigenvalue weighted by molar-refractivity contribution is 4.81. The molecule has 2 aliphatic rings. The molecular formula is C15H30N2. The van der Waals surface area contributed by atoms with E-state index in [9.17, 15) is 0 Å². The maximum atomic E-state index is 6.20. The fraction of sp³-hybridized carbons (Fsp3) is 1.00. The molecule has 0 amide bonds. The molecule has 2 rings (SSSR count). The first-order valence-electron chi connectivity index (χ1n) is 7.78. The third-order valence-corrected chi connectivity index (χ3v) is 5.09. The van der Waals surface area contributed by atoms with Crippen LogP contribution in [0.2, 0.25) is 0 Å². The Morgan fingerprint density at radius 2 is 1.06 bits per heavy atom. The number of nitrogens with two attached hydrogens (primary N) is 2. The molecule has 0 heterocycles. The molecule has 0 saturated heterocycles. The zero-order valence-electron chi connectivity index (χ0n) is 11.2. The van der Waals surface area contributed by atoms with E-state index < -0.39 is 0 Å². The minimum Gasteiger partial charge on any atom is -0.327 e. The van der Waals surface area contributed by atoms with Crippen molar-refractivity contribution in [1.82, 2.24) is 0 Å². The molecule has 0 aromatic rings. The standard InChI is InChI=1S/C15H30N2/c16-14-10-3-1-6-12(14)8-5-9-13-7-2-4-11-15(13)17/h12-15H,1-11,16-17H2. The molecule has 17 heavy (non-hydrogen) atoms. The van der Waals surface area contributed by atoms with E-state index in [1.807, 2.05) is 0 Å². The van der Waals surface area contributed by atoms with Crippen molar-refractivity contribution in [2.75, 3.05) is 0 Å². The van der Waals surface area contributed by atoms with Crippen molar-refractivity contribution in [2.24, 2.45) is 23.3 Å². The molecule has 100 valence electrons. The van der Waals surface area contributed by atoms with Gasteiger partial charge in [-0.15, -0.1) is 0 Å². The van der Waals surface area contributed by atoms with Crippen LogP contribution in [0.5, 0.6) is 0 Å². The predicted octanol–water partition coefficient (Wildman–Crippen LogP) is 3.19. The lowest BCUT2D eigenvalue weighted by atomic mass is 9.78. The van der Waals surface area contributed by atoms with E-state index in [1.54, 1.807) is 0 Å². The van der Waals surface area contributed by atoms with Gasteiger partial charge in [-0.05, 0) is 50.4 Å². The maximum Gasteiger partial charge on any atom is 0.00671 e. The molecule has 2 heteroatoms. The average molecular weight is 238 g/mol. The summed E-state index contributed by atoms with van der Waals surface area (Å²) in [4.78, 5) is 0. The molecule has 0 bridgehead atoms. The number of hydrogen-bond donors (Lipinski definition) is 2. The van der Waals surface area contributed by atoms with Crippen LogP contribution >= 0.6 is 0 Å². The molecule has 0 aliphatic heterocycles. The minimum absolute atomic E-state index is 0.490. The second-order valence-corrected chi connectivity index (χ2v) is 6.35. The van der Waals surface area contributed by atoms with E-state index in [4.69, 9.17) is 11.5 Å². The van der Waals surface area contributed by atoms with Gasteiger partial charge in [0.2, 0.25) is 0 Å². The van der Waals surface area contributed by atoms with Crippen molar-refractivity contribution in [3.63, 3.8) is 0 Å². The quantitative estimate of drug-likeness (QED) is 0.790. The summed E-state index contributed by atoms with van der Waals surface area (Å²) in [6.07, 6.45) is 14.8. The van der Waals surface area contributed by atoms with Gasteiger partial charge < -0.3 is 11.5 Å². The summed E-state index contributed by atoms with van der Waals surface area (Å²) in [5.74, 6) is 1.62. The van der Waals surface area contributed by atoms with Gasteiger partial charge in [0.15, 0.2) is 0 Å². The fourth-order valence-corrected chi connectivity index (χ4v) is 3.83. The third kappa shape index (κ3) is 3.96. The zero-order chi connectivity index (χ0) is 12.1. The van der Waals surface area contributed by atoms with Gasteiger partial charge in [0.05, 0.1) is 0 Å². The van der Waals surface area contributed by atoms with Gasteiger partial charge in [0.1, 0.15) is 0 Å². The van der Waals surface area contributed by atoms with E-state index in [2.05, 4.69) is 0 Å². The van der Waals surface area contributed by atoms with Gasteiger partial charge in [-0.1, -0.05) is 32.1 Å². The van der Waals surface area contributed by atoms with E-state index in [1.165, 1.54) is 70.6 Å². The smallest absolute Gasteiger partial charge is 0.00671 e. The molecule has 0 aromatic carbocycles. The molecule has 2 nitrogen and oxygen atoms in total. The lowest BCUT2D eigenvalue weighted by Crippen LogP contribution is -2.34. The van der Waals surface area contributed by atoms with E-state index >= 15 is 0 Å². The molecule has 0 spiro atoms. The van der Waals surface area contributed by atoms with Crippen LogP contribution < -0.4 is 11.5 Å². The summed E-state index contributed by atoms with van der Waals surface area (Å²) in [5.41, 5.74) is 12.4. The van der Waals surface area contributed by atoms with Crippen molar-refractivity contribution in [3.05, 3.63) is 0 Å². The van der Waals surface area contributed by atoms with Crippen LogP contribution in [0.15, 0.2) is 0 Å². The second kappa shape index (κ2) is 6.75. The Kier molecular flexibility index (Phi) is 5.30. The molecular weight excluding hydrogens is 208 g/mol. The highest BCUT2D eigenvalue weighted by atomic mass is 14.7. The van der Waals surface area contributed by atoms with Crippen LogP contribution in [-0.2, 0) is 0 Å². The minimum atomic E-state index is 0.490. The van der Waals surface area contributed by atoms with Crippen molar-refractivity contribution in [2.45, 2.75) is 82.7 Å². The second-order valence-electron chi connectivity index (χ2n) is 6.35. The van der Waals surface area contributed by atoms with Crippen LogP contribution in [0.1, 0.15) is 70.6 Å². The number of rotatable bonds is 4. The van der Waals surface area contributed by atoms with Gasteiger partial charge in [-0.3, -0.25) is 0 Å². The molecule has 4 atom stereocenters. The molecule has 2 aliphatic carbocycles. The van der Waals surface area contributed by atoms with Gasteiger partial charge in [-0.25, -0.2) is 0 Å². The highest BCUT2D eigenvalue weighted by Gasteiger charge is 2.24. The summed E-state index contributed by atoms with van der Waals surface area (Å²) in [6, 6.07) is 0.979. The van der Waals surface area contributed by atoms with Crippen molar-refractivity contribution in [1.29, 1.82) is 0 Å². The van der Waals surface area contributed by atoms with Crippen LogP contribution in [-0.4, -0.2) is 12.1 Å². The van der Waals surface area contributed by atoms with Crippen LogP contribution in [0.3, 0.4) is 0 Å². The van der Waals surface area contributed by atoms with Crippen LogP contribution in [0.25, 0.3) is 0 Å². The molecule has 0 aromatic heterocycles. The predicted molar refractivity (Wildman–Crippen MR) is 73.7 cm³/mol. The Morgan fingerprint density at radius 3 is 1.47 bits per heavy atom. The molecule has 2 saturated carbocycles. The Morgan fingerprint density at radius 1 is 0.647 bits per heavy atom. The van der Waals surface area contributed by atoms with Crippen molar-refractivity contribution < 1.29 is 0 Å². The molecule has 4 N–H and O–H groups in total. The summed E-state index contributed by atoms with van der Waals surface area (Å²) >= 11 is 0. The number of hydrogen-bond acceptors (Lipinski definition) is 2. The van der Waals surface area contributed by atoms with Crippen molar-refractivity contribution in [3.8, 4) is 0 Å². The normalized spacial score (nSPS) is 39.2. The Labute approximate surface area is 107 Å². The lowest BCUT2D eigenvalue weighted by Gasteiger charge is -2.31. The first-order valence-corrected chi connectivity index (χ1v) is 7.78. The zero-order valence-corrected chi connectivity index (χ0v) is 11.2. The fourth-order valence-electron chi connectivity index (χ4n) is 3.83. The van der Waals surface area contributed by atoms with Gasteiger partial charge >= 0.3 is 0 Å². The first-order chi connectivity index (χ1) is 8.27. The summed E-state index contributed by atoms with van der Waals surface area (Å²) in [6.45, 7) is 0. The molecule has 4 unspecified atom stereocenters. The first kappa shape index (κ1) is 13.4. The van der Waals surface area contributed by atoms with Crippen LogP contribution in [0.4, 0.5) is 0 Å². The Hall–Kier alpha value is -0.0800. The van der Waals surface area contributed by atoms with Crippen LogP contribution in [0, 0.1) is 11.8 Å². The summed E-state index contributed by atoms with van der Waals surface area (Å²) in [5, 5.41) is 0. The van der Waals surface area contributed by atoms with E-state index in [0.717, 1.165) is 11.8 Å².